The Labute approximate surface area is 115 Å². The number of rotatable bonds is 4. The van der Waals surface area contributed by atoms with Crippen molar-refractivity contribution in [2.75, 3.05) is 6.54 Å². The molecule has 2 N–H and O–H groups in total. The summed E-state index contributed by atoms with van der Waals surface area (Å²) in [5.74, 6) is 1.84. The molecule has 0 unspecified atom stereocenters. The molecule has 0 fully saturated rings. The molecule has 2 aromatic carbocycles. The number of ether oxygens (including phenoxy) is 1. The van der Waals surface area contributed by atoms with Gasteiger partial charge < -0.3 is 10.5 Å². The zero-order valence-electron chi connectivity index (χ0n) is 11.9. The summed E-state index contributed by atoms with van der Waals surface area (Å²) in [6.45, 7) is 6.92. The predicted molar refractivity (Wildman–Crippen MR) is 79.9 cm³/mol. The van der Waals surface area contributed by atoms with E-state index in [9.17, 15) is 0 Å². The second-order valence-corrected chi connectivity index (χ2v) is 4.95. The summed E-state index contributed by atoms with van der Waals surface area (Å²) in [4.78, 5) is 0. The van der Waals surface area contributed by atoms with E-state index in [1.54, 1.807) is 0 Å². The average Bonchev–Trinajstić information content (AvgIpc) is 2.38. The van der Waals surface area contributed by atoms with E-state index >= 15 is 0 Å². The molecule has 2 heteroatoms. The summed E-state index contributed by atoms with van der Waals surface area (Å²) in [5.41, 5.74) is 10.5. The summed E-state index contributed by atoms with van der Waals surface area (Å²) in [6, 6.07) is 12.3. The van der Waals surface area contributed by atoms with Crippen molar-refractivity contribution >= 4 is 0 Å². The van der Waals surface area contributed by atoms with Crippen LogP contribution in [-0.2, 0) is 6.42 Å². The maximum Gasteiger partial charge on any atom is 0.130 e. The fourth-order valence-electron chi connectivity index (χ4n) is 2.19. The Morgan fingerprint density at radius 3 is 2.47 bits per heavy atom. The monoisotopic (exact) mass is 255 g/mol. The molecular weight excluding hydrogens is 234 g/mol. The zero-order valence-corrected chi connectivity index (χ0v) is 11.9. The van der Waals surface area contributed by atoms with E-state index in [0.717, 1.165) is 23.5 Å². The van der Waals surface area contributed by atoms with Gasteiger partial charge in [0.25, 0.3) is 0 Å². The van der Waals surface area contributed by atoms with E-state index in [-0.39, 0.29) is 0 Å². The van der Waals surface area contributed by atoms with Gasteiger partial charge in [-0.15, -0.1) is 0 Å². The molecule has 0 bridgehead atoms. The average molecular weight is 255 g/mol. The number of hydrogen-bond donors (Lipinski definition) is 1. The van der Waals surface area contributed by atoms with Crippen LogP contribution in [0.5, 0.6) is 11.5 Å². The summed E-state index contributed by atoms with van der Waals surface area (Å²) in [7, 11) is 0. The van der Waals surface area contributed by atoms with Crippen LogP contribution >= 0.6 is 0 Å². The van der Waals surface area contributed by atoms with Crippen LogP contribution in [0.15, 0.2) is 36.4 Å². The first-order valence-corrected chi connectivity index (χ1v) is 6.65. The van der Waals surface area contributed by atoms with Crippen LogP contribution < -0.4 is 10.5 Å². The van der Waals surface area contributed by atoms with Gasteiger partial charge in [0.15, 0.2) is 0 Å². The summed E-state index contributed by atoms with van der Waals surface area (Å²) < 4.78 is 6.10. The zero-order chi connectivity index (χ0) is 13.8. The SMILES string of the molecule is Cc1cc(C)c(C)c(Oc2ccccc2CCN)c1. The fourth-order valence-corrected chi connectivity index (χ4v) is 2.19. The number of benzene rings is 2. The van der Waals surface area contributed by atoms with Gasteiger partial charge in [-0.3, -0.25) is 0 Å². The second-order valence-electron chi connectivity index (χ2n) is 4.95. The maximum absolute atomic E-state index is 6.10. The van der Waals surface area contributed by atoms with Crippen molar-refractivity contribution in [1.82, 2.24) is 0 Å². The van der Waals surface area contributed by atoms with Crippen LogP contribution in [0.3, 0.4) is 0 Å². The molecule has 2 nitrogen and oxygen atoms in total. The minimum Gasteiger partial charge on any atom is -0.457 e. The Hall–Kier alpha value is -1.80. The third-order valence-corrected chi connectivity index (χ3v) is 3.37. The maximum atomic E-state index is 6.10. The third kappa shape index (κ3) is 3.15. The molecule has 19 heavy (non-hydrogen) atoms. The van der Waals surface area contributed by atoms with Crippen molar-refractivity contribution in [3.8, 4) is 11.5 Å². The lowest BCUT2D eigenvalue weighted by atomic mass is 10.1. The molecule has 0 amide bonds. The fraction of sp³-hybridized carbons (Fsp3) is 0.294. The Morgan fingerprint density at radius 1 is 1.00 bits per heavy atom. The first kappa shape index (κ1) is 13.6. The first-order chi connectivity index (χ1) is 9.11. The van der Waals surface area contributed by atoms with Crippen molar-refractivity contribution < 1.29 is 4.74 Å². The topological polar surface area (TPSA) is 35.2 Å². The number of para-hydroxylation sites is 1. The van der Waals surface area contributed by atoms with Gasteiger partial charge in [0.05, 0.1) is 0 Å². The van der Waals surface area contributed by atoms with Gasteiger partial charge in [0.1, 0.15) is 11.5 Å². The highest BCUT2D eigenvalue weighted by Gasteiger charge is 2.08. The van der Waals surface area contributed by atoms with E-state index < -0.39 is 0 Å². The lowest BCUT2D eigenvalue weighted by Gasteiger charge is -2.14. The predicted octanol–water partition coefficient (Wildman–Crippen LogP) is 3.91. The minimum absolute atomic E-state index is 0.631. The molecule has 0 saturated heterocycles. The lowest BCUT2D eigenvalue weighted by Crippen LogP contribution is -2.04. The molecule has 0 atom stereocenters. The van der Waals surface area contributed by atoms with Crippen LogP contribution in [-0.4, -0.2) is 6.54 Å². The van der Waals surface area contributed by atoms with Crippen molar-refractivity contribution in [2.24, 2.45) is 5.73 Å². The molecule has 0 radical (unpaired) electrons. The summed E-state index contributed by atoms with van der Waals surface area (Å²) >= 11 is 0. The Kier molecular flexibility index (Phi) is 4.23. The summed E-state index contributed by atoms with van der Waals surface area (Å²) in [5, 5.41) is 0. The van der Waals surface area contributed by atoms with Gasteiger partial charge in [-0.05, 0) is 68.1 Å². The van der Waals surface area contributed by atoms with Crippen LogP contribution in [0.4, 0.5) is 0 Å². The first-order valence-electron chi connectivity index (χ1n) is 6.65. The molecule has 0 aromatic heterocycles. The largest absolute Gasteiger partial charge is 0.457 e. The van der Waals surface area contributed by atoms with Crippen LogP contribution in [0.2, 0.25) is 0 Å². The van der Waals surface area contributed by atoms with Gasteiger partial charge in [0, 0.05) is 0 Å². The van der Waals surface area contributed by atoms with Crippen LogP contribution in [0.1, 0.15) is 22.3 Å². The van der Waals surface area contributed by atoms with Crippen LogP contribution in [0.25, 0.3) is 0 Å². The van der Waals surface area contributed by atoms with Crippen LogP contribution in [0, 0.1) is 20.8 Å². The number of nitrogens with two attached hydrogens (primary N) is 1. The number of hydrogen-bond acceptors (Lipinski definition) is 2. The van der Waals surface area contributed by atoms with Gasteiger partial charge in [-0.1, -0.05) is 24.3 Å². The van der Waals surface area contributed by atoms with Crippen molar-refractivity contribution in [3.05, 3.63) is 58.7 Å². The molecule has 0 heterocycles. The van der Waals surface area contributed by atoms with E-state index in [1.807, 2.05) is 18.2 Å². The standard InChI is InChI=1S/C17H21NO/c1-12-10-13(2)14(3)17(11-12)19-16-7-5-4-6-15(16)8-9-18/h4-7,10-11H,8-9,18H2,1-3H3. The highest BCUT2D eigenvalue weighted by Crippen LogP contribution is 2.30. The lowest BCUT2D eigenvalue weighted by molar-refractivity contribution is 0.471. The number of aryl methyl sites for hydroxylation is 2. The van der Waals surface area contributed by atoms with Gasteiger partial charge >= 0.3 is 0 Å². The molecule has 100 valence electrons. The Bertz CT molecular complexity index is 575. The van der Waals surface area contributed by atoms with Crippen molar-refractivity contribution in [1.29, 1.82) is 0 Å². The highest BCUT2D eigenvalue weighted by atomic mass is 16.5. The second kappa shape index (κ2) is 5.89. The van der Waals surface area contributed by atoms with Gasteiger partial charge in [0.2, 0.25) is 0 Å². The van der Waals surface area contributed by atoms with Gasteiger partial charge in [-0.25, -0.2) is 0 Å². The molecule has 0 saturated carbocycles. The molecule has 2 rings (SSSR count). The molecule has 2 aromatic rings. The third-order valence-electron chi connectivity index (χ3n) is 3.37. The molecule has 0 spiro atoms. The molecule has 0 aliphatic rings. The summed E-state index contributed by atoms with van der Waals surface area (Å²) in [6.07, 6.45) is 0.833. The van der Waals surface area contributed by atoms with Gasteiger partial charge in [-0.2, -0.15) is 0 Å². The van der Waals surface area contributed by atoms with E-state index in [4.69, 9.17) is 10.5 Å². The minimum atomic E-state index is 0.631. The Balaban J connectivity index is 2.36. The molecular formula is C17H21NO. The van der Waals surface area contributed by atoms with E-state index in [0.29, 0.717) is 6.54 Å². The van der Waals surface area contributed by atoms with E-state index in [2.05, 4.69) is 39.0 Å². The van der Waals surface area contributed by atoms with E-state index in [1.165, 1.54) is 16.7 Å². The van der Waals surface area contributed by atoms with Crippen molar-refractivity contribution in [2.45, 2.75) is 27.2 Å². The van der Waals surface area contributed by atoms with Crippen molar-refractivity contribution in [3.63, 3.8) is 0 Å². The smallest absolute Gasteiger partial charge is 0.130 e. The quantitative estimate of drug-likeness (QED) is 0.899. The Morgan fingerprint density at radius 2 is 1.74 bits per heavy atom. The highest BCUT2D eigenvalue weighted by molar-refractivity contribution is 5.46. The molecule has 0 aliphatic heterocycles. The molecule has 0 aliphatic carbocycles. The normalized spacial score (nSPS) is 10.5.